The summed E-state index contributed by atoms with van der Waals surface area (Å²) < 4.78 is 7.36. The molecule has 0 unspecified atom stereocenters. The van der Waals surface area contributed by atoms with Gasteiger partial charge in [0.05, 0.1) is 31.5 Å². The van der Waals surface area contributed by atoms with Crippen molar-refractivity contribution in [2.45, 2.75) is 18.7 Å². The molecule has 158 valence electrons. The fraction of sp³-hybridized carbons (Fsp3) is 0.364. The third kappa shape index (κ3) is 4.77. The second kappa shape index (κ2) is 9.07. The molecule has 4 rings (SSSR count). The topological polar surface area (TPSA) is 73.5 Å². The van der Waals surface area contributed by atoms with Crippen molar-refractivity contribution in [2.75, 3.05) is 50.1 Å². The van der Waals surface area contributed by atoms with E-state index in [4.69, 9.17) is 4.74 Å². The van der Waals surface area contributed by atoms with Crippen molar-refractivity contribution >= 4 is 40.1 Å². The van der Waals surface area contributed by atoms with Gasteiger partial charge in [0.1, 0.15) is 0 Å². The Morgan fingerprint density at radius 3 is 2.83 bits per heavy atom. The molecular weight excluding hydrogens is 398 g/mol. The molecule has 0 saturated carbocycles. The number of nitrogens with zero attached hydrogens (tertiary/aromatic N) is 3. The maximum atomic E-state index is 12.6. The van der Waals surface area contributed by atoms with Crippen LogP contribution in [0.2, 0.25) is 0 Å². The van der Waals surface area contributed by atoms with Crippen LogP contribution in [0.1, 0.15) is 11.1 Å². The lowest BCUT2D eigenvalue weighted by atomic mass is 10.1. The van der Waals surface area contributed by atoms with Crippen molar-refractivity contribution in [3.63, 3.8) is 0 Å². The number of amides is 1. The van der Waals surface area contributed by atoms with Crippen molar-refractivity contribution in [3.05, 3.63) is 47.7 Å². The van der Waals surface area contributed by atoms with Gasteiger partial charge in [0, 0.05) is 34.7 Å². The first-order valence-electron chi connectivity index (χ1n) is 10.1. The maximum Gasteiger partial charge on any atom is 0.239 e. The number of aromatic nitrogens is 2. The van der Waals surface area contributed by atoms with Crippen molar-refractivity contribution in [2.24, 2.45) is 0 Å². The third-order valence-electron chi connectivity index (χ3n) is 5.11. The smallest absolute Gasteiger partial charge is 0.239 e. The van der Waals surface area contributed by atoms with E-state index in [1.54, 1.807) is 0 Å². The molecule has 2 aromatic carbocycles. The number of anilines is 2. The zero-order chi connectivity index (χ0) is 21.1. The number of aromatic amines is 1. The predicted octanol–water partition coefficient (Wildman–Crippen LogP) is 3.59. The fourth-order valence-electron chi connectivity index (χ4n) is 3.74. The van der Waals surface area contributed by atoms with Gasteiger partial charge in [-0.25, -0.2) is 4.31 Å². The molecule has 1 fully saturated rings. The number of morpholine rings is 1. The molecule has 1 aliphatic heterocycles. The zero-order valence-electron chi connectivity index (χ0n) is 17.6. The highest BCUT2D eigenvalue weighted by atomic mass is 32.2. The first-order valence-corrected chi connectivity index (χ1v) is 10.8. The average Bonchev–Trinajstić information content (AvgIpc) is 3.17. The molecule has 1 aromatic heterocycles. The summed E-state index contributed by atoms with van der Waals surface area (Å²) >= 11 is 1.54. The molecule has 1 aliphatic rings. The predicted molar refractivity (Wildman–Crippen MR) is 122 cm³/mol. The highest BCUT2D eigenvalue weighted by molar-refractivity contribution is 7.97. The van der Waals surface area contributed by atoms with E-state index in [-0.39, 0.29) is 12.5 Å². The van der Waals surface area contributed by atoms with Crippen molar-refractivity contribution < 1.29 is 9.53 Å². The molecule has 30 heavy (non-hydrogen) atoms. The maximum absolute atomic E-state index is 12.6. The standard InChI is InChI=1S/C22H27N5O2S/c1-15-10-17-13-23-25-22(17)20(11-15)30-26(3)14-21(28)24-18-4-5-19(16(2)12-18)27-6-8-29-9-7-27/h4-5,10-13H,6-9,14H2,1-3H3,(H,23,25)(H,24,28). The number of H-pyrrole nitrogens is 1. The lowest BCUT2D eigenvalue weighted by molar-refractivity contribution is -0.116. The van der Waals surface area contributed by atoms with Gasteiger partial charge in [-0.3, -0.25) is 9.89 Å². The van der Waals surface area contributed by atoms with Crippen LogP contribution in [0.25, 0.3) is 10.9 Å². The van der Waals surface area contributed by atoms with Gasteiger partial charge in [0.15, 0.2) is 0 Å². The minimum absolute atomic E-state index is 0.0444. The van der Waals surface area contributed by atoms with Crippen LogP contribution >= 0.6 is 11.9 Å². The van der Waals surface area contributed by atoms with Crippen LogP contribution in [-0.4, -0.2) is 60.3 Å². The van der Waals surface area contributed by atoms with Crippen molar-refractivity contribution in [3.8, 4) is 0 Å². The minimum Gasteiger partial charge on any atom is -0.378 e. The fourth-order valence-corrected chi connectivity index (χ4v) is 4.75. The minimum atomic E-state index is -0.0444. The summed E-state index contributed by atoms with van der Waals surface area (Å²) in [5.41, 5.74) is 5.33. The van der Waals surface area contributed by atoms with Crippen LogP contribution in [-0.2, 0) is 9.53 Å². The number of hydrogen-bond donors (Lipinski definition) is 2. The van der Waals surface area contributed by atoms with E-state index in [1.165, 1.54) is 23.2 Å². The number of ether oxygens (including phenoxy) is 1. The van der Waals surface area contributed by atoms with Crippen LogP contribution in [0.15, 0.2) is 41.4 Å². The molecule has 0 aliphatic carbocycles. The number of benzene rings is 2. The van der Waals surface area contributed by atoms with Crippen molar-refractivity contribution in [1.29, 1.82) is 0 Å². The van der Waals surface area contributed by atoms with E-state index in [9.17, 15) is 4.79 Å². The molecular formula is C22H27N5O2S. The lowest BCUT2D eigenvalue weighted by Gasteiger charge is -2.30. The first-order chi connectivity index (χ1) is 14.5. The number of aryl methyl sites for hydroxylation is 2. The first kappa shape index (κ1) is 20.7. The van der Waals surface area contributed by atoms with E-state index < -0.39 is 0 Å². The number of fused-ring (bicyclic) bond motifs is 1. The summed E-state index contributed by atoms with van der Waals surface area (Å²) in [5, 5.41) is 11.3. The molecule has 1 saturated heterocycles. The number of rotatable bonds is 6. The van der Waals surface area contributed by atoms with Crippen LogP contribution in [0, 0.1) is 13.8 Å². The highest BCUT2D eigenvalue weighted by Crippen LogP contribution is 2.30. The number of nitrogens with one attached hydrogen (secondary N) is 2. The molecule has 1 amide bonds. The molecule has 0 radical (unpaired) electrons. The summed E-state index contributed by atoms with van der Waals surface area (Å²) in [6.45, 7) is 7.73. The average molecular weight is 426 g/mol. The molecule has 0 atom stereocenters. The van der Waals surface area contributed by atoms with Gasteiger partial charge in [0.25, 0.3) is 0 Å². The quantitative estimate of drug-likeness (QED) is 0.588. The summed E-state index contributed by atoms with van der Waals surface area (Å²) in [6.07, 6.45) is 1.82. The van der Waals surface area contributed by atoms with E-state index in [2.05, 4.69) is 52.5 Å². The van der Waals surface area contributed by atoms with Gasteiger partial charge < -0.3 is 15.0 Å². The largest absolute Gasteiger partial charge is 0.378 e. The Hall–Kier alpha value is -2.55. The zero-order valence-corrected chi connectivity index (χ0v) is 18.4. The molecule has 8 heteroatoms. The van der Waals surface area contributed by atoms with E-state index in [1.807, 2.05) is 29.7 Å². The second-order valence-corrected chi connectivity index (χ2v) is 8.87. The number of carbonyl (C=O) groups is 1. The van der Waals surface area contributed by atoms with E-state index in [0.717, 1.165) is 53.4 Å². The Bertz CT molecular complexity index is 1050. The Morgan fingerprint density at radius 2 is 2.07 bits per heavy atom. The molecule has 0 bridgehead atoms. The molecule has 2 N–H and O–H groups in total. The molecule has 0 spiro atoms. The van der Waals surface area contributed by atoms with E-state index in [0.29, 0.717) is 0 Å². The van der Waals surface area contributed by atoms with Gasteiger partial charge in [-0.15, -0.1) is 0 Å². The summed E-state index contributed by atoms with van der Waals surface area (Å²) in [4.78, 5) is 16.0. The van der Waals surface area contributed by atoms with Gasteiger partial charge in [-0.05, 0) is 74.3 Å². The Labute approximate surface area is 180 Å². The van der Waals surface area contributed by atoms with Crippen LogP contribution in [0.3, 0.4) is 0 Å². The molecule has 3 aromatic rings. The number of hydrogen-bond acceptors (Lipinski definition) is 6. The summed E-state index contributed by atoms with van der Waals surface area (Å²) in [5.74, 6) is -0.0444. The number of likely N-dealkylation sites (N-methyl/N-ethyl adjacent to an activating group) is 1. The Balaban J connectivity index is 1.37. The third-order valence-corrected chi connectivity index (χ3v) is 6.07. The molecule has 2 heterocycles. The van der Waals surface area contributed by atoms with Crippen LogP contribution in [0.4, 0.5) is 11.4 Å². The van der Waals surface area contributed by atoms with E-state index >= 15 is 0 Å². The Morgan fingerprint density at radius 1 is 1.27 bits per heavy atom. The summed E-state index contributed by atoms with van der Waals surface area (Å²) in [6, 6.07) is 10.3. The second-order valence-electron chi connectivity index (χ2n) is 7.62. The van der Waals surface area contributed by atoms with Gasteiger partial charge in [-0.2, -0.15) is 5.10 Å². The molecule has 7 nitrogen and oxygen atoms in total. The monoisotopic (exact) mass is 425 g/mol. The van der Waals surface area contributed by atoms with Gasteiger partial charge >= 0.3 is 0 Å². The summed E-state index contributed by atoms with van der Waals surface area (Å²) in [7, 11) is 1.92. The van der Waals surface area contributed by atoms with Crippen LogP contribution < -0.4 is 10.2 Å². The normalized spacial score (nSPS) is 14.5. The Kier molecular flexibility index (Phi) is 6.26. The van der Waals surface area contributed by atoms with Gasteiger partial charge in [0.2, 0.25) is 5.91 Å². The van der Waals surface area contributed by atoms with Gasteiger partial charge in [-0.1, -0.05) is 0 Å². The van der Waals surface area contributed by atoms with Crippen LogP contribution in [0.5, 0.6) is 0 Å². The number of carbonyl (C=O) groups excluding carboxylic acids is 1. The SMILES string of the molecule is Cc1cc(SN(C)CC(=O)Nc2ccc(N3CCOCC3)c(C)c2)c2[nH]ncc2c1. The highest BCUT2D eigenvalue weighted by Gasteiger charge is 2.15. The van der Waals surface area contributed by atoms with Crippen molar-refractivity contribution in [1.82, 2.24) is 14.5 Å². The lowest BCUT2D eigenvalue weighted by Crippen LogP contribution is -2.36.